The molecule has 0 saturated heterocycles. The Morgan fingerprint density at radius 2 is 1.65 bits per heavy atom. The fourth-order valence-corrected chi connectivity index (χ4v) is 2.46. The van der Waals surface area contributed by atoms with E-state index < -0.39 is 5.60 Å². The van der Waals surface area contributed by atoms with E-state index in [9.17, 15) is 4.79 Å². The van der Waals surface area contributed by atoms with Crippen molar-refractivity contribution >= 4 is 6.09 Å². The molecule has 1 atom stereocenters. The summed E-state index contributed by atoms with van der Waals surface area (Å²) < 4.78 is 5.28. The lowest BCUT2D eigenvalue weighted by atomic mass is 10.0. The summed E-state index contributed by atoms with van der Waals surface area (Å²) >= 11 is 0. The fraction of sp³-hybridized carbons (Fsp3) is 0.632. The molecule has 1 amide bonds. The van der Waals surface area contributed by atoms with Crippen molar-refractivity contribution in [2.45, 2.75) is 72.7 Å². The molecule has 0 bridgehead atoms. The Morgan fingerprint density at radius 1 is 1.09 bits per heavy atom. The maximum Gasteiger partial charge on any atom is 0.407 e. The van der Waals surface area contributed by atoms with Gasteiger partial charge in [0.1, 0.15) is 5.60 Å². The van der Waals surface area contributed by atoms with Gasteiger partial charge < -0.3 is 15.4 Å². The lowest BCUT2D eigenvalue weighted by Gasteiger charge is -2.20. The number of amides is 1. The SMILES string of the molecule is CC(C)CC(C)NCc1ccccc1CNC(=O)OC(C)(C)C. The van der Waals surface area contributed by atoms with Crippen LogP contribution >= 0.6 is 0 Å². The molecule has 0 radical (unpaired) electrons. The van der Waals surface area contributed by atoms with Gasteiger partial charge in [-0.05, 0) is 51.2 Å². The minimum absolute atomic E-state index is 0.381. The van der Waals surface area contributed by atoms with E-state index in [0.717, 1.165) is 18.5 Å². The smallest absolute Gasteiger partial charge is 0.407 e. The first-order valence-corrected chi connectivity index (χ1v) is 8.44. The van der Waals surface area contributed by atoms with Crippen molar-refractivity contribution in [3.05, 3.63) is 35.4 Å². The van der Waals surface area contributed by atoms with Gasteiger partial charge in [-0.3, -0.25) is 0 Å². The minimum Gasteiger partial charge on any atom is -0.444 e. The summed E-state index contributed by atoms with van der Waals surface area (Å²) in [6, 6.07) is 8.64. The maximum atomic E-state index is 11.8. The molecule has 23 heavy (non-hydrogen) atoms. The van der Waals surface area contributed by atoms with Crippen molar-refractivity contribution < 1.29 is 9.53 Å². The second kappa shape index (κ2) is 8.92. The Balaban J connectivity index is 2.55. The van der Waals surface area contributed by atoms with E-state index in [1.165, 1.54) is 5.56 Å². The Morgan fingerprint density at radius 3 is 2.17 bits per heavy atom. The number of carbonyl (C=O) groups excluding carboxylic acids is 1. The van der Waals surface area contributed by atoms with Gasteiger partial charge in [0.25, 0.3) is 0 Å². The molecule has 0 heterocycles. The second-order valence-corrected chi connectivity index (χ2v) is 7.54. The van der Waals surface area contributed by atoms with Crippen LogP contribution in [0.5, 0.6) is 0 Å². The quantitative estimate of drug-likeness (QED) is 0.790. The highest BCUT2D eigenvalue weighted by Crippen LogP contribution is 2.11. The monoisotopic (exact) mass is 320 g/mol. The molecular weight excluding hydrogens is 288 g/mol. The predicted molar refractivity (Wildman–Crippen MR) is 95.3 cm³/mol. The lowest BCUT2D eigenvalue weighted by Crippen LogP contribution is -2.32. The summed E-state index contributed by atoms with van der Waals surface area (Å²) in [6.45, 7) is 13.5. The maximum absolute atomic E-state index is 11.8. The van der Waals surface area contributed by atoms with Crippen LogP contribution in [0.15, 0.2) is 24.3 Å². The summed E-state index contributed by atoms with van der Waals surface area (Å²) in [5.41, 5.74) is 1.85. The van der Waals surface area contributed by atoms with Gasteiger partial charge in [0.15, 0.2) is 0 Å². The first-order valence-electron chi connectivity index (χ1n) is 8.44. The van der Waals surface area contributed by atoms with Gasteiger partial charge >= 0.3 is 6.09 Å². The van der Waals surface area contributed by atoms with Crippen molar-refractivity contribution in [1.29, 1.82) is 0 Å². The normalized spacial score (nSPS) is 13.0. The molecular formula is C19H32N2O2. The molecule has 0 aliphatic heterocycles. The zero-order chi connectivity index (χ0) is 17.5. The third-order valence-corrected chi connectivity index (χ3v) is 3.41. The van der Waals surface area contributed by atoms with E-state index in [4.69, 9.17) is 4.74 Å². The Hall–Kier alpha value is -1.55. The third-order valence-electron chi connectivity index (χ3n) is 3.41. The molecule has 1 unspecified atom stereocenters. The molecule has 4 nitrogen and oxygen atoms in total. The molecule has 0 fully saturated rings. The highest BCUT2D eigenvalue weighted by molar-refractivity contribution is 5.67. The largest absolute Gasteiger partial charge is 0.444 e. The van der Waals surface area contributed by atoms with Crippen LogP contribution in [0.3, 0.4) is 0 Å². The molecule has 4 heteroatoms. The van der Waals surface area contributed by atoms with Crippen LogP contribution < -0.4 is 10.6 Å². The summed E-state index contributed by atoms with van der Waals surface area (Å²) in [5.74, 6) is 0.682. The number of hydrogen-bond donors (Lipinski definition) is 2. The van der Waals surface area contributed by atoms with Crippen molar-refractivity contribution in [2.75, 3.05) is 0 Å². The number of hydrogen-bond acceptors (Lipinski definition) is 3. The second-order valence-electron chi connectivity index (χ2n) is 7.54. The molecule has 0 aromatic heterocycles. The standard InChI is InChI=1S/C19H32N2O2/c1-14(2)11-15(3)20-12-16-9-7-8-10-17(16)13-21-18(22)23-19(4,5)6/h7-10,14-15,20H,11-13H2,1-6H3,(H,21,22). The number of nitrogens with one attached hydrogen (secondary N) is 2. The van der Waals surface area contributed by atoms with Crippen molar-refractivity contribution in [3.63, 3.8) is 0 Å². The molecule has 0 spiro atoms. The van der Waals surface area contributed by atoms with E-state index in [-0.39, 0.29) is 6.09 Å². The van der Waals surface area contributed by atoms with E-state index in [1.807, 2.05) is 39.0 Å². The van der Waals surface area contributed by atoms with E-state index in [1.54, 1.807) is 0 Å². The highest BCUT2D eigenvalue weighted by Gasteiger charge is 2.16. The minimum atomic E-state index is -0.475. The third kappa shape index (κ3) is 8.60. The number of benzene rings is 1. The van der Waals surface area contributed by atoms with Gasteiger partial charge in [0, 0.05) is 19.1 Å². The van der Waals surface area contributed by atoms with Gasteiger partial charge in [-0.2, -0.15) is 0 Å². The number of rotatable bonds is 7. The fourth-order valence-electron chi connectivity index (χ4n) is 2.46. The Bertz CT molecular complexity index is 492. The van der Waals surface area contributed by atoms with Crippen LogP contribution in [-0.4, -0.2) is 17.7 Å². The molecule has 0 saturated carbocycles. The average molecular weight is 320 g/mol. The van der Waals surface area contributed by atoms with Crippen molar-refractivity contribution in [1.82, 2.24) is 10.6 Å². The summed E-state index contributed by atoms with van der Waals surface area (Å²) in [5, 5.41) is 6.38. The molecule has 130 valence electrons. The zero-order valence-electron chi connectivity index (χ0n) is 15.4. The lowest BCUT2D eigenvalue weighted by molar-refractivity contribution is 0.0523. The van der Waals surface area contributed by atoms with Crippen molar-refractivity contribution in [3.8, 4) is 0 Å². The summed E-state index contributed by atoms with van der Waals surface area (Å²) in [4.78, 5) is 11.8. The first-order chi connectivity index (χ1) is 10.7. The predicted octanol–water partition coefficient (Wildman–Crippen LogP) is 4.24. The van der Waals surface area contributed by atoms with Crippen molar-refractivity contribution in [2.24, 2.45) is 5.92 Å². The molecule has 1 aromatic rings. The molecule has 0 aliphatic rings. The number of alkyl carbamates (subject to hydrolysis) is 1. The van der Waals surface area contributed by atoms with Gasteiger partial charge in [-0.15, -0.1) is 0 Å². The van der Waals surface area contributed by atoms with Crippen LogP contribution in [0, 0.1) is 5.92 Å². The number of ether oxygens (including phenoxy) is 1. The van der Waals surface area contributed by atoms with Gasteiger partial charge in [-0.25, -0.2) is 4.79 Å². The van der Waals surface area contributed by atoms with E-state index >= 15 is 0 Å². The molecule has 2 N–H and O–H groups in total. The van der Waals surface area contributed by atoms with Crippen LogP contribution in [0.25, 0.3) is 0 Å². The highest BCUT2D eigenvalue weighted by atomic mass is 16.6. The van der Waals surface area contributed by atoms with E-state index in [0.29, 0.717) is 18.5 Å². The zero-order valence-corrected chi connectivity index (χ0v) is 15.4. The van der Waals surface area contributed by atoms with Crippen LogP contribution in [0.1, 0.15) is 59.1 Å². The summed E-state index contributed by atoms with van der Waals surface area (Å²) in [7, 11) is 0. The first kappa shape index (κ1) is 19.5. The van der Waals surface area contributed by atoms with Crippen LogP contribution in [0.4, 0.5) is 4.79 Å². The summed E-state index contributed by atoms with van der Waals surface area (Å²) in [6.07, 6.45) is 0.770. The number of carbonyl (C=O) groups is 1. The van der Waals surface area contributed by atoms with Gasteiger partial charge in [-0.1, -0.05) is 38.1 Å². The van der Waals surface area contributed by atoms with Gasteiger partial charge in [0.05, 0.1) is 0 Å². The van der Waals surface area contributed by atoms with Gasteiger partial charge in [0.2, 0.25) is 0 Å². The topological polar surface area (TPSA) is 50.4 Å². The van der Waals surface area contributed by atoms with Crippen LogP contribution in [0.2, 0.25) is 0 Å². The molecule has 1 aromatic carbocycles. The van der Waals surface area contributed by atoms with E-state index in [2.05, 4.69) is 37.5 Å². The molecule has 1 rings (SSSR count). The molecule has 0 aliphatic carbocycles. The Labute approximate surface area is 141 Å². The average Bonchev–Trinajstić information content (AvgIpc) is 2.41. The Kier molecular flexibility index (Phi) is 7.56. The van der Waals surface area contributed by atoms with Crippen LogP contribution in [-0.2, 0) is 17.8 Å².